The molecule has 1 N–H and O–H groups in total. The summed E-state index contributed by atoms with van der Waals surface area (Å²) in [6, 6.07) is 12.2. The molecule has 2 fully saturated rings. The Morgan fingerprint density at radius 2 is 1.78 bits per heavy atom. The van der Waals surface area contributed by atoms with Crippen molar-refractivity contribution in [1.29, 1.82) is 0 Å². The third-order valence-corrected chi connectivity index (χ3v) is 6.50. The second kappa shape index (κ2) is 9.28. The second-order valence-corrected chi connectivity index (χ2v) is 8.96. The normalized spacial score (nSPS) is 20.5. The first-order valence-electron chi connectivity index (χ1n) is 11.2. The highest BCUT2D eigenvalue weighted by molar-refractivity contribution is 6.00. The maximum Gasteiger partial charge on any atom is 0.227 e. The summed E-state index contributed by atoms with van der Waals surface area (Å²) < 4.78 is 14.1. The zero-order valence-electron chi connectivity index (χ0n) is 19.0. The number of amides is 2. The highest BCUT2D eigenvalue weighted by atomic mass is 19.1. The topological polar surface area (TPSA) is 55.9 Å². The van der Waals surface area contributed by atoms with Gasteiger partial charge in [-0.3, -0.25) is 9.59 Å². The van der Waals surface area contributed by atoms with Crippen LogP contribution in [0, 0.1) is 18.7 Å². The number of benzene rings is 2. The van der Waals surface area contributed by atoms with E-state index in [-0.39, 0.29) is 30.1 Å². The second-order valence-electron chi connectivity index (χ2n) is 8.96. The van der Waals surface area contributed by atoms with Gasteiger partial charge in [-0.25, -0.2) is 4.39 Å². The van der Waals surface area contributed by atoms with E-state index in [4.69, 9.17) is 0 Å². The maximum atomic E-state index is 14.1. The van der Waals surface area contributed by atoms with E-state index in [9.17, 15) is 14.0 Å². The van der Waals surface area contributed by atoms with Crippen LogP contribution in [0.2, 0.25) is 0 Å². The van der Waals surface area contributed by atoms with Gasteiger partial charge >= 0.3 is 0 Å². The van der Waals surface area contributed by atoms with Crippen molar-refractivity contribution >= 4 is 23.2 Å². The van der Waals surface area contributed by atoms with Gasteiger partial charge in [0.15, 0.2) is 0 Å². The Morgan fingerprint density at radius 1 is 1.09 bits per heavy atom. The molecule has 0 bridgehead atoms. The summed E-state index contributed by atoms with van der Waals surface area (Å²) in [5.74, 6) is -0.966. The molecule has 2 amide bonds. The Hall–Kier alpha value is -2.93. The van der Waals surface area contributed by atoms with E-state index in [1.165, 1.54) is 12.1 Å². The number of aryl methyl sites for hydroxylation is 1. The van der Waals surface area contributed by atoms with Crippen molar-refractivity contribution in [2.75, 3.05) is 49.6 Å². The van der Waals surface area contributed by atoms with Crippen LogP contribution in [0.1, 0.15) is 30.5 Å². The number of hydrogen-bond acceptors (Lipinski definition) is 4. The molecular formula is C25H31FN4O2. The minimum Gasteiger partial charge on any atom is -0.369 e. The van der Waals surface area contributed by atoms with Gasteiger partial charge in [0.05, 0.1) is 12.0 Å². The summed E-state index contributed by atoms with van der Waals surface area (Å²) in [5.41, 5.74) is 3.65. The molecule has 2 atom stereocenters. The number of nitrogens with zero attached hydrogens (tertiary/aromatic N) is 3. The number of hydrogen-bond donors (Lipinski definition) is 1. The van der Waals surface area contributed by atoms with Crippen molar-refractivity contribution in [3.63, 3.8) is 0 Å². The predicted molar refractivity (Wildman–Crippen MR) is 124 cm³/mol. The SMILES string of the molecule is Cc1ccc(N2CC(C(=O)NC(C)c3cc(F)ccc3N3CCN(C)CC3)CC2=O)cc1. The number of halogens is 1. The number of nitrogens with one attached hydrogen (secondary N) is 1. The lowest BCUT2D eigenvalue weighted by atomic mass is 10.0. The third kappa shape index (κ3) is 4.78. The molecule has 2 saturated heterocycles. The molecule has 2 unspecified atom stereocenters. The molecule has 0 aromatic heterocycles. The van der Waals surface area contributed by atoms with Crippen molar-refractivity contribution < 1.29 is 14.0 Å². The minimum absolute atomic E-state index is 0.0504. The third-order valence-electron chi connectivity index (χ3n) is 6.50. The average molecular weight is 439 g/mol. The van der Waals surface area contributed by atoms with E-state index in [1.807, 2.05) is 38.1 Å². The molecule has 2 aromatic carbocycles. The lowest BCUT2D eigenvalue weighted by Crippen LogP contribution is -2.45. The summed E-state index contributed by atoms with van der Waals surface area (Å²) in [5, 5.41) is 3.03. The quantitative estimate of drug-likeness (QED) is 0.780. The zero-order chi connectivity index (χ0) is 22.8. The van der Waals surface area contributed by atoms with Crippen LogP contribution < -0.4 is 15.1 Å². The predicted octanol–water partition coefficient (Wildman–Crippen LogP) is 3.12. The van der Waals surface area contributed by atoms with Crippen LogP contribution in [0.5, 0.6) is 0 Å². The summed E-state index contributed by atoms with van der Waals surface area (Å²) in [4.78, 5) is 31.7. The number of carbonyl (C=O) groups is 2. The van der Waals surface area contributed by atoms with E-state index in [2.05, 4.69) is 22.2 Å². The molecule has 0 radical (unpaired) electrons. The zero-order valence-corrected chi connectivity index (χ0v) is 19.0. The number of anilines is 2. The summed E-state index contributed by atoms with van der Waals surface area (Å²) in [6.45, 7) is 7.83. The molecule has 7 heteroatoms. The van der Waals surface area contributed by atoms with Crippen molar-refractivity contribution in [1.82, 2.24) is 10.2 Å². The molecule has 0 aliphatic carbocycles. The molecule has 2 aliphatic heterocycles. The van der Waals surface area contributed by atoms with Crippen LogP contribution in [0.15, 0.2) is 42.5 Å². The number of piperazine rings is 1. The van der Waals surface area contributed by atoms with Gasteiger partial charge in [0, 0.05) is 56.1 Å². The lowest BCUT2D eigenvalue weighted by molar-refractivity contribution is -0.126. The van der Waals surface area contributed by atoms with E-state index in [1.54, 1.807) is 11.0 Å². The van der Waals surface area contributed by atoms with Gasteiger partial charge in [-0.15, -0.1) is 0 Å². The van der Waals surface area contributed by atoms with Crippen LogP contribution >= 0.6 is 0 Å². The first-order valence-corrected chi connectivity index (χ1v) is 11.2. The fraction of sp³-hybridized carbons (Fsp3) is 0.440. The van der Waals surface area contributed by atoms with Gasteiger partial charge < -0.3 is 20.0 Å². The maximum absolute atomic E-state index is 14.1. The largest absolute Gasteiger partial charge is 0.369 e. The van der Waals surface area contributed by atoms with Crippen molar-refractivity contribution in [2.45, 2.75) is 26.3 Å². The van der Waals surface area contributed by atoms with Gasteiger partial charge in [-0.1, -0.05) is 17.7 Å². The van der Waals surface area contributed by atoms with Gasteiger partial charge in [-0.05, 0) is 51.2 Å². The number of rotatable bonds is 5. The standard InChI is InChI=1S/C25H31FN4O2/c1-17-4-7-21(8-5-17)30-16-19(14-24(30)31)25(32)27-18(2)22-15-20(26)6-9-23(22)29-12-10-28(3)11-13-29/h4-9,15,18-19H,10-14,16H2,1-3H3,(H,27,32). The molecule has 2 heterocycles. The van der Waals surface area contributed by atoms with E-state index >= 15 is 0 Å². The van der Waals surface area contributed by atoms with Gasteiger partial charge in [0.25, 0.3) is 0 Å². The molecule has 6 nitrogen and oxygen atoms in total. The molecule has 2 aliphatic rings. The molecule has 2 aromatic rings. The van der Waals surface area contributed by atoms with E-state index in [0.717, 1.165) is 48.7 Å². The first-order chi connectivity index (χ1) is 15.3. The van der Waals surface area contributed by atoms with Crippen LogP contribution in [0.25, 0.3) is 0 Å². The fourth-order valence-corrected chi connectivity index (χ4v) is 4.47. The lowest BCUT2D eigenvalue weighted by Gasteiger charge is -2.36. The summed E-state index contributed by atoms with van der Waals surface area (Å²) in [7, 11) is 2.09. The van der Waals surface area contributed by atoms with E-state index in [0.29, 0.717) is 6.54 Å². The van der Waals surface area contributed by atoms with Gasteiger partial charge in [0.1, 0.15) is 5.82 Å². The van der Waals surface area contributed by atoms with Crippen LogP contribution in [0.3, 0.4) is 0 Å². The monoisotopic (exact) mass is 438 g/mol. The van der Waals surface area contributed by atoms with Crippen LogP contribution in [0.4, 0.5) is 15.8 Å². The highest BCUT2D eigenvalue weighted by Gasteiger charge is 2.36. The summed E-state index contributed by atoms with van der Waals surface area (Å²) in [6.07, 6.45) is 0.181. The molecular weight excluding hydrogens is 407 g/mol. The Labute approximate surface area is 189 Å². The smallest absolute Gasteiger partial charge is 0.227 e. The van der Waals surface area contributed by atoms with Crippen LogP contribution in [-0.2, 0) is 9.59 Å². The molecule has 0 spiro atoms. The van der Waals surface area contributed by atoms with E-state index < -0.39 is 5.92 Å². The molecule has 4 rings (SSSR count). The highest BCUT2D eigenvalue weighted by Crippen LogP contribution is 2.30. The van der Waals surface area contributed by atoms with Crippen molar-refractivity contribution in [3.8, 4) is 0 Å². The molecule has 0 saturated carbocycles. The minimum atomic E-state index is -0.424. The number of carbonyl (C=O) groups excluding carboxylic acids is 2. The molecule has 32 heavy (non-hydrogen) atoms. The Bertz CT molecular complexity index is 986. The van der Waals surface area contributed by atoms with Gasteiger partial charge in [-0.2, -0.15) is 0 Å². The Kier molecular flexibility index (Phi) is 6.46. The van der Waals surface area contributed by atoms with Gasteiger partial charge in [0.2, 0.25) is 11.8 Å². The molecule has 170 valence electrons. The van der Waals surface area contributed by atoms with Crippen molar-refractivity contribution in [3.05, 3.63) is 59.4 Å². The number of likely N-dealkylation sites (N-methyl/N-ethyl adjacent to an activating group) is 1. The average Bonchev–Trinajstić information content (AvgIpc) is 3.16. The van der Waals surface area contributed by atoms with Crippen LogP contribution in [-0.4, -0.2) is 56.5 Å². The first kappa shape index (κ1) is 22.3. The Morgan fingerprint density at radius 3 is 2.47 bits per heavy atom. The summed E-state index contributed by atoms with van der Waals surface area (Å²) >= 11 is 0. The fourth-order valence-electron chi connectivity index (χ4n) is 4.47. The van der Waals surface area contributed by atoms with Crippen molar-refractivity contribution in [2.24, 2.45) is 5.92 Å². The Balaban J connectivity index is 1.45.